The van der Waals surface area contributed by atoms with Gasteiger partial charge in [-0.05, 0) is 13.8 Å². The second-order valence-electron chi connectivity index (χ2n) is 1.93. The molecule has 0 saturated carbocycles. The van der Waals surface area contributed by atoms with Crippen LogP contribution in [0.1, 0.15) is 13.8 Å². The fraction of sp³-hybridized carbons (Fsp3) is 1.00. The Morgan fingerprint density at radius 2 is 1.38 bits per heavy atom. The maximum absolute atomic E-state index is 8.78. The molecule has 0 heterocycles. The summed E-state index contributed by atoms with van der Waals surface area (Å²) >= 11 is 3.11. The molecule has 0 rings (SSSR count). The summed E-state index contributed by atoms with van der Waals surface area (Å²) in [6.07, 6.45) is -0.981. The largest absolute Gasteiger partial charge is 0.392 e. The Morgan fingerprint density at radius 1 is 1.12 bits per heavy atom. The fourth-order valence-corrected chi connectivity index (χ4v) is 0.403. The van der Waals surface area contributed by atoms with Crippen LogP contribution in [0.4, 0.5) is 0 Å². The van der Waals surface area contributed by atoms with Gasteiger partial charge in [0.05, 0.1) is 17.0 Å². The second kappa shape index (κ2) is 3.43. The Labute approximate surface area is 57.7 Å². The molecule has 2 unspecified atom stereocenters. The summed E-state index contributed by atoms with van der Waals surface area (Å²) in [5, 5.41) is 17.6. The first-order chi connectivity index (χ1) is 3.55. The van der Waals surface area contributed by atoms with Crippen LogP contribution in [0.2, 0.25) is 0 Å². The van der Waals surface area contributed by atoms with E-state index in [1.54, 1.807) is 13.8 Å². The molecular formula is C5H11BrO2. The highest BCUT2D eigenvalue weighted by atomic mass is 79.9. The van der Waals surface area contributed by atoms with Gasteiger partial charge in [-0.3, -0.25) is 0 Å². The van der Waals surface area contributed by atoms with Crippen molar-refractivity contribution in [1.29, 1.82) is 0 Å². The molecule has 0 saturated heterocycles. The minimum absolute atomic E-state index is 0.206. The summed E-state index contributed by atoms with van der Waals surface area (Å²) in [4.78, 5) is -0.206. The van der Waals surface area contributed by atoms with E-state index < -0.39 is 12.2 Å². The molecule has 0 aromatic carbocycles. The van der Waals surface area contributed by atoms with Gasteiger partial charge in [-0.1, -0.05) is 15.9 Å². The van der Waals surface area contributed by atoms with Crippen molar-refractivity contribution in [2.75, 3.05) is 0 Å². The van der Waals surface area contributed by atoms with E-state index in [1.165, 1.54) is 0 Å². The van der Waals surface area contributed by atoms with Crippen molar-refractivity contribution in [2.24, 2.45) is 0 Å². The molecule has 0 fully saturated rings. The van der Waals surface area contributed by atoms with Crippen LogP contribution in [0.25, 0.3) is 0 Å². The van der Waals surface area contributed by atoms with Gasteiger partial charge in [0.1, 0.15) is 0 Å². The van der Waals surface area contributed by atoms with E-state index in [0.29, 0.717) is 0 Å². The number of hydrogen-bond acceptors (Lipinski definition) is 2. The normalized spacial score (nSPS) is 22.1. The lowest BCUT2D eigenvalue weighted by atomic mass is 10.2. The number of aliphatic hydroxyl groups is 2. The quantitative estimate of drug-likeness (QED) is 0.612. The van der Waals surface area contributed by atoms with Gasteiger partial charge in [0.25, 0.3) is 0 Å². The highest BCUT2D eigenvalue weighted by molar-refractivity contribution is 9.09. The number of halogens is 1. The predicted octanol–water partition coefficient (Wildman–Crippen LogP) is 0.512. The first-order valence-corrected chi connectivity index (χ1v) is 3.47. The number of alkyl halides is 1. The molecule has 0 aliphatic carbocycles. The number of rotatable bonds is 2. The van der Waals surface area contributed by atoms with Gasteiger partial charge < -0.3 is 10.2 Å². The summed E-state index contributed by atoms with van der Waals surface area (Å²) in [6.45, 7) is 3.26. The molecule has 0 aromatic heterocycles. The third kappa shape index (κ3) is 2.64. The molecule has 0 spiro atoms. The molecule has 0 radical (unpaired) electrons. The molecule has 2 N–H and O–H groups in total. The molecule has 0 amide bonds. The molecule has 8 heavy (non-hydrogen) atoms. The lowest BCUT2D eigenvalue weighted by Crippen LogP contribution is -2.27. The van der Waals surface area contributed by atoms with Gasteiger partial charge in [-0.25, -0.2) is 0 Å². The molecule has 0 aliphatic heterocycles. The summed E-state index contributed by atoms with van der Waals surface area (Å²) in [5.41, 5.74) is 0. The van der Waals surface area contributed by atoms with E-state index in [-0.39, 0.29) is 4.83 Å². The summed E-state index contributed by atoms with van der Waals surface area (Å²) < 4.78 is 0. The van der Waals surface area contributed by atoms with Gasteiger partial charge in [0, 0.05) is 0 Å². The standard InChI is InChI=1S/C5H11BrO2/c1-3(7)5(6)4(2)8/h3-5,7-8H,1-2H3. The highest BCUT2D eigenvalue weighted by Crippen LogP contribution is 2.09. The van der Waals surface area contributed by atoms with Crippen LogP contribution in [-0.2, 0) is 0 Å². The molecule has 3 heteroatoms. The zero-order chi connectivity index (χ0) is 6.73. The first-order valence-electron chi connectivity index (χ1n) is 2.56. The Morgan fingerprint density at radius 3 is 1.38 bits per heavy atom. The summed E-state index contributed by atoms with van der Waals surface area (Å²) in [5.74, 6) is 0. The zero-order valence-electron chi connectivity index (χ0n) is 5.00. The topological polar surface area (TPSA) is 40.5 Å². The van der Waals surface area contributed by atoms with Crippen molar-refractivity contribution < 1.29 is 10.2 Å². The average molecular weight is 183 g/mol. The Bertz CT molecular complexity index is 55.4. The monoisotopic (exact) mass is 182 g/mol. The van der Waals surface area contributed by atoms with E-state index in [4.69, 9.17) is 10.2 Å². The highest BCUT2D eigenvalue weighted by Gasteiger charge is 2.15. The molecule has 2 nitrogen and oxygen atoms in total. The number of aliphatic hydroxyl groups excluding tert-OH is 2. The van der Waals surface area contributed by atoms with Crippen LogP contribution in [0, 0.1) is 0 Å². The molecule has 2 atom stereocenters. The smallest absolute Gasteiger partial charge is 0.0662 e. The third-order valence-electron chi connectivity index (χ3n) is 0.922. The Kier molecular flexibility index (Phi) is 3.60. The van der Waals surface area contributed by atoms with Crippen molar-refractivity contribution in [3.63, 3.8) is 0 Å². The molecule has 0 bridgehead atoms. The number of hydrogen-bond donors (Lipinski definition) is 2. The lowest BCUT2D eigenvalue weighted by molar-refractivity contribution is 0.113. The van der Waals surface area contributed by atoms with E-state index in [0.717, 1.165) is 0 Å². The van der Waals surface area contributed by atoms with Crippen LogP contribution in [0.5, 0.6) is 0 Å². The third-order valence-corrected chi connectivity index (χ3v) is 2.45. The Hall–Kier alpha value is 0.400. The van der Waals surface area contributed by atoms with Crippen molar-refractivity contribution >= 4 is 15.9 Å². The van der Waals surface area contributed by atoms with E-state index in [9.17, 15) is 0 Å². The van der Waals surface area contributed by atoms with E-state index in [1.807, 2.05) is 0 Å². The Balaban J connectivity index is 3.46. The van der Waals surface area contributed by atoms with Crippen molar-refractivity contribution in [3.8, 4) is 0 Å². The predicted molar refractivity (Wildman–Crippen MR) is 36.1 cm³/mol. The van der Waals surface area contributed by atoms with E-state index >= 15 is 0 Å². The van der Waals surface area contributed by atoms with Gasteiger partial charge in [-0.15, -0.1) is 0 Å². The molecular weight excluding hydrogens is 172 g/mol. The van der Waals surface area contributed by atoms with Crippen LogP contribution >= 0.6 is 15.9 Å². The van der Waals surface area contributed by atoms with Crippen LogP contribution in [0.15, 0.2) is 0 Å². The van der Waals surface area contributed by atoms with Gasteiger partial charge >= 0.3 is 0 Å². The van der Waals surface area contributed by atoms with Crippen molar-refractivity contribution in [2.45, 2.75) is 30.9 Å². The van der Waals surface area contributed by atoms with Crippen LogP contribution < -0.4 is 0 Å². The zero-order valence-corrected chi connectivity index (χ0v) is 6.59. The minimum atomic E-state index is -0.491. The van der Waals surface area contributed by atoms with Gasteiger partial charge in [-0.2, -0.15) is 0 Å². The fourth-order valence-electron chi connectivity index (χ4n) is 0.403. The minimum Gasteiger partial charge on any atom is -0.392 e. The van der Waals surface area contributed by atoms with Crippen LogP contribution in [-0.4, -0.2) is 27.2 Å². The van der Waals surface area contributed by atoms with Crippen molar-refractivity contribution in [1.82, 2.24) is 0 Å². The summed E-state index contributed by atoms with van der Waals surface area (Å²) in [7, 11) is 0. The first kappa shape index (κ1) is 8.40. The molecule has 0 aliphatic rings. The van der Waals surface area contributed by atoms with Gasteiger partial charge in [0.2, 0.25) is 0 Å². The second-order valence-corrected chi connectivity index (χ2v) is 2.98. The van der Waals surface area contributed by atoms with Crippen LogP contribution in [0.3, 0.4) is 0 Å². The summed E-state index contributed by atoms with van der Waals surface area (Å²) in [6, 6.07) is 0. The molecule has 50 valence electrons. The molecule has 0 aromatic rings. The van der Waals surface area contributed by atoms with Crippen molar-refractivity contribution in [3.05, 3.63) is 0 Å². The average Bonchev–Trinajstić information content (AvgIpc) is 1.64. The van der Waals surface area contributed by atoms with E-state index in [2.05, 4.69) is 15.9 Å². The maximum atomic E-state index is 8.78. The SMILES string of the molecule is CC(O)C(Br)C(C)O. The van der Waals surface area contributed by atoms with Gasteiger partial charge in [0.15, 0.2) is 0 Å². The maximum Gasteiger partial charge on any atom is 0.0662 e. The lowest BCUT2D eigenvalue weighted by Gasteiger charge is -2.14.